The van der Waals surface area contributed by atoms with Crippen LogP contribution in [0.5, 0.6) is 5.75 Å². The van der Waals surface area contributed by atoms with E-state index in [9.17, 15) is 32.1 Å². The summed E-state index contributed by atoms with van der Waals surface area (Å²) in [7, 11) is -4.51. The number of allylic oxidation sites excluding steroid dienone is 1. The molecule has 1 atom stereocenters. The third kappa shape index (κ3) is 8.84. The number of nitrogens with zero attached hydrogens (tertiary/aromatic N) is 2. The number of carbonyl (C=O) groups is 3. The molecule has 0 bridgehead atoms. The van der Waals surface area contributed by atoms with Gasteiger partial charge in [0.1, 0.15) is 23.6 Å². The average Bonchev–Trinajstić information content (AvgIpc) is 3.32. The van der Waals surface area contributed by atoms with Gasteiger partial charge in [-0.2, -0.15) is 13.0 Å². The number of ether oxygens (including phenoxy) is 1. The van der Waals surface area contributed by atoms with Crippen LogP contribution in [0.25, 0.3) is 11.0 Å². The fourth-order valence-electron chi connectivity index (χ4n) is 7.39. The zero-order valence-corrected chi connectivity index (χ0v) is 32.4. The van der Waals surface area contributed by atoms with E-state index in [4.69, 9.17) is 14.3 Å². The third-order valence-electron chi connectivity index (χ3n) is 10.4. The highest BCUT2D eigenvalue weighted by Crippen LogP contribution is 2.42. The number of hydrogen-bond donors (Lipinski definition) is 2. The molecule has 0 amide bonds. The number of carboxylic acids is 1. The van der Waals surface area contributed by atoms with Crippen LogP contribution in [0.1, 0.15) is 114 Å². The fourth-order valence-corrected chi connectivity index (χ4v) is 7.89. The van der Waals surface area contributed by atoms with Gasteiger partial charge < -0.3 is 19.2 Å². The molecule has 1 unspecified atom stereocenters. The van der Waals surface area contributed by atoms with E-state index in [2.05, 4.69) is 18.7 Å². The molecule has 0 fully saturated rings. The van der Waals surface area contributed by atoms with Crippen LogP contribution in [0.15, 0.2) is 62.7 Å². The molecule has 54 heavy (non-hydrogen) atoms. The minimum Gasteiger partial charge on any atom is -0.481 e. The lowest BCUT2D eigenvalue weighted by Crippen LogP contribution is -2.36. The second kappa shape index (κ2) is 17.2. The van der Waals surface area contributed by atoms with Gasteiger partial charge in [-0.15, -0.1) is 0 Å². The molecule has 1 aromatic heterocycles. The smallest absolute Gasteiger partial charge is 0.351 e. The van der Waals surface area contributed by atoms with E-state index in [1.54, 1.807) is 24.3 Å². The molecule has 0 saturated carbocycles. The van der Waals surface area contributed by atoms with Crippen molar-refractivity contribution in [3.8, 4) is 5.75 Å². The van der Waals surface area contributed by atoms with Gasteiger partial charge >= 0.3 is 17.6 Å². The standard InChI is InChI=1S/C41H50N2O10S/c1-5-7-9-12-22-42(23-13-10-8-6-2)27-16-18-29-33(25-27)52-40(48)36-37(46)30(39(47)53-38(29)36)19-21-34-41(3,4)31-26-28(54(49,50)51)17-20-32(31)43(34)24-14-11-15-35(44)45/h16-21,25-26,30H,5-15,22-24H2,1-4H3,(H-,44,45,49,50,51)/p+1/b21-19+. The first-order chi connectivity index (χ1) is 25.7. The molecule has 12 nitrogen and oxygen atoms in total. The summed E-state index contributed by atoms with van der Waals surface area (Å²) in [6, 6.07) is 9.63. The summed E-state index contributed by atoms with van der Waals surface area (Å²) >= 11 is 0. The van der Waals surface area contributed by atoms with Gasteiger partial charge in [-0.25, -0.2) is 4.79 Å². The zero-order valence-electron chi connectivity index (χ0n) is 31.6. The Balaban J connectivity index is 1.46. The number of rotatable bonds is 19. The van der Waals surface area contributed by atoms with Gasteiger partial charge in [-0.05, 0) is 57.4 Å². The summed E-state index contributed by atoms with van der Waals surface area (Å²) in [4.78, 5) is 54.0. The Morgan fingerprint density at radius 2 is 1.61 bits per heavy atom. The Morgan fingerprint density at radius 3 is 2.24 bits per heavy atom. The van der Waals surface area contributed by atoms with Crippen LogP contribution in [0.4, 0.5) is 11.4 Å². The van der Waals surface area contributed by atoms with E-state index in [0.717, 1.165) is 70.1 Å². The zero-order chi connectivity index (χ0) is 39.2. The fraction of sp³-hybridized carbons (Fsp3) is 0.488. The Kier molecular flexibility index (Phi) is 12.9. The predicted octanol–water partition coefficient (Wildman–Crippen LogP) is 7.61. The third-order valence-corrected chi connectivity index (χ3v) is 11.2. The van der Waals surface area contributed by atoms with Gasteiger partial charge in [0.2, 0.25) is 5.69 Å². The number of hydrogen-bond acceptors (Lipinski definition) is 9. The Labute approximate surface area is 316 Å². The van der Waals surface area contributed by atoms with Crippen molar-refractivity contribution in [3.05, 3.63) is 70.1 Å². The molecule has 2 aliphatic rings. The first-order valence-corrected chi connectivity index (χ1v) is 20.4. The van der Waals surface area contributed by atoms with E-state index in [-0.39, 0.29) is 28.2 Å². The SMILES string of the molecule is CCCCCCN(CCCCCC)c1ccc2c3c(c(=O)oc2c1)C(=O)C(/C=C/C1=[N+](CCCCC(=O)O)c2ccc(S(=O)(=O)O)cc2C1(C)C)C(=O)O3. The van der Waals surface area contributed by atoms with Crippen LogP contribution in [-0.4, -0.2) is 65.7 Å². The quantitative estimate of drug-likeness (QED) is 0.0307. The predicted molar refractivity (Wildman–Crippen MR) is 206 cm³/mol. The highest BCUT2D eigenvalue weighted by atomic mass is 32.2. The average molecular weight is 764 g/mol. The first-order valence-electron chi connectivity index (χ1n) is 19.0. The number of unbranched alkanes of at least 4 members (excludes halogenated alkanes) is 7. The van der Waals surface area contributed by atoms with E-state index in [1.165, 1.54) is 18.2 Å². The lowest BCUT2D eigenvalue weighted by molar-refractivity contribution is -0.438. The Morgan fingerprint density at radius 1 is 0.926 bits per heavy atom. The van der Waals surface area contributed by atoms with Crippen LogP contribution in [0.2, 0.25) is 0 Å². The van der Waals surface area contributed by atoms with Crippen molar-refractivity contribution in [2.24, 2.45) is 5.92 Å². The highest BCUT2D eigenvalue weighted by molar-refractivity contribution is 7.85. The number of carboxylic acid groups (broad SMARTS) is 1. The number of Topliss-reactive ketones (excluding diaryl/α,β-unsaturated/α-hetero) is 1. The van der Waals surface area contributed by atoms with Crippen LogP contribution < -0.4 is 15.3 Å². The lowest BCUT2D eigenvalue weighted by atomic mass is 9.81. The Hall–Kier alpha value is -4.62. The van der Waals surface area contributed by atoms with Gasteiger partial charge in [0.15, 0.2) is 17.2 Å². The number of fused-ring (bicyclic) bond motifs is 4. The van der Waals surface area contributed by atoms with Crippen molar-refractivity contribution in [3.63, 3.8) is 0 Å². The maximum absolute atomic E-state index is 13.9. The normalized spacial score (nSPS) is 16.6. The summed E-state index contributed by atoms with van der Waals surface area (Å²) in [6.45, 7) is 10.1. The van der Waals surface area contributed by atoms with Gasteiger partial charge in [0, 0.05) is 55.4 Å². The minimum absolute atomic E-state index is 0.0340. The van der Waals surface area contributed by atoms with Gasteiger partial charge in [0.05, 0.1) is 15.7 Å². The van der Waals surface area contributed by atoms with E-state index < -0.39 is 44.8 Å². The van der Waals surface area contributed by atoms with E-state index in [1.807, 2.05) is 24.5 Å². The van der Waals surface area contributed by atoms with Crippen molar-refractivity contribution < 1.29 is 46.2 Å². The van der Waals surface area contributed by atoms with Crippen molar-refractivity contribution in [2.45, 2.75) is 109 Å². The summed E-state index contributed by atoms with van der Waals surface area (Å²) in [5.74, 6) is -4.13. The molecule has 2 aromatic carbocycles. The Bertz CT molecular complexity index is 2140. The maximum Gasteiger partial charge on any atom is 0.351 e. The topological polar surface area (TPSA) is 171 Å². The summed E-state index contributed by atoms with van der Waals surface area (Å²) < 4.78 is 47.1. The molecule has 0 aliphatic carbocycles. The molecular formula is C41H51N2O10S+. The van der Waals surface area contributed by atoms with E-state index in [0.29, 0.717) is 41.7 Å². The maximum atomic E-state index is 13.9. The number of aliphatic carboxylic acids is 1. The number of carbonyl (C=O) groups excluding carboxylic acids is 2. The second-order valence-electron chi connectivity index (χ2n) is 14.7. The van der Waals surface area contributed by atoms with Crippen molar-refractivity contribution >= 4 is 55.9 Å². The summed E-state index contributed by atoms with van der Waals surface area (Å²) in [5, 5.41) is 9.48. The number of esters is 1. The molecule has 13 heteroatoms. The van der Waals surface area contributed by atoms with Crippen LogP contribution >= 0.6 is 0 Å². The molecule has 2 N–H and O–H groups in total. The summed E-state index contributed by atoms with van der Waals surface area (Å²) in [5.41, 5.74) is 0.806. The van der Waals surface area contributed by atoms with Crippen LogP contribution in [0, 0.1) is 5.92 Å². The molecule has 0 radical (unpaired) electrons. The molecule has 2 aliphatic heterocycles. The van der Waals surface area contributed by atoms with Crippen molar-refractivity contribution in [1.29, 1.82) is 0 Å². The second-order valence-corrected chi connectivity index (χ2v) is 16.1. The van der Waals surface area contributed by atoms with Crippen LogP contribution in [-0.2, 0) is 25.1 Å². The lowest BCUT2D eigenvalue weighted by Gasteiger charge is -2.26. The molecule has 5 rings (SSSR count). The van der Waals surface area contributed by atoms with Gasteiger partial charge in [-0.3, -0.25) is 18.9 Å². The number of ketones is 1. The largest absolute Gasteiger partial charge is 0.481 e. The minimum atomic E-state index is -4.51. The molecule has 3 aromatic rings. The van der Waals surface area contributed by atoms with Crippen molar-refractivity contribution in [1.82, 2.24) is 0 Å². The first kappa shape index (κ1) is 40.6. The monoisotopic (exact) mass is 763 g/mol. The van der Waals surface area contributed by atoms with Gasteiger partial charge in [0.25, 0.3) is 10.1 Å². The van der Waals surface area contributed by atoms with Crippen LogP contribution in [0.3, 0.4) is 0 Å². The number of benzene rings is 2. The molecule has 0 spiro atoms. The van der Waals surface area contributed by atoms with Crippen molar-refractivity contribution in [2.75, 3.05) is 24.5 Å². The molecular weight excluding hydrogens is 713 g/mol. The molecule has 290 valence electrons. The molecule has 0 saturated heterocycles. The highest BCUT2D eigenvalue weighted by Gasteiger charge is 2.46. The molecule has 3 heterocycles. The number of anilines is 1. The summed E-state index contributed by atoms with van der Waals surface area (Å²) in [6.07, 6.45) is 12.7. The van der Waals surface area contributed by atoms with Gasteiger partial charge in [-0.1, -0.05) is 58.4 Å². The van der Waals surface area contributed by atoms with E-state index >= 15 is 0 Å².